The van der Waals surface area contributed by atoms with Gasteiger partial charge in [-0.05, 0) is 12.1 Å². The van der Waals surface area contributed by atoms with Crippen LogP contribution in [-0.4, -0.2) is 53.4 Å². The quantitative estimate of drug-likeness (QED) is 0.890. The molecule has 2 heterocycles. The molecule has 1 N–H and O–H groups in total. The van der Waals surface area contributed by atoms with E-state index in [0.717, 1.165) is 9.21 Å². The number of carboxylic acids is 1. The van der Waals surface area contributed by atoms with Crippen LogP contribution in [-0.2, 0) is 20.1 Å². The Morgan fingerprint density at radius 3 is 3.00 bits per heavy atom. The van der Waals surface area contributed by atoms with E-state index >= 15 is 0 Å². The molecular weight excluding hydrogens is 322 g/mol. The van der Waals surface area contributed by atoms with Crippen molar-refractivity contribution in [2.45, 2.75) is 11.8 Å². The van der Waals surface area contributed by atoms with Gasteiger partial charge in [0.2, 0.25) is 5.91 Å². The van der Waals surface area contributed by atoms with E-state index in [4.69, 9.17) is 21.4 Å². The molecular formula is C12H14ClNO4S2. The van der Waals surface area contributed by atoms with Crippen LogP contribution in [0.3, 0.4) is 0 Å². The van der Waals surface area contributed by atoms with Crippen molar-refractivity contribution < 1.29 is 19.4 Å². The summed E-state index contributed by atoms with van der Waals surface area (Å²) in [6.07, 6.45) is 0. The minimum atomic E-state index is -1.02. The zero-order valence-corrected chi connectivity index (χ0v) is 13.0. The van der Waals surface area contributed by atoms with E-state index in [0.29, 0.717) is 18.9 Å². The molecule has 1 aromatic rings. The van der Waals surface area contributed by atoms with Gasteiger partial charge in [0.05, 0.1) is 23.3 Å². The van der Waals surface area contributed by atoms with Crippen molar-refractivity contribution in [3.8, 4) is 0 Å². The molecule has 5 nitrogen and oxygen atoms in total. The summed E-state index contributed by atoms with van der Waals surface area (Å²) in [4.78, 5) is 25.6. The number of hydrogen-bond acceptors (Lipinski definition) is 5. The van der Waals surface area contributed by atoms with E-state index in [9.17, 15) is 9.59 Å². The van der Waals surface area contributed by atoms with Crippen molar-refractivity contribution in [2.24, 2.45) is 0 Å². The van der Waals surface area contributed by atoms with Gasteiger partial charge in [0, 0.05) is 17.2 Å². The largest absolute Gasteiger partial charge is 0.480 e. The molecule has 0 aromatic carbocycles. The molecule has 1 atom stereocenters. The van der Waals surface area contributed by atoms with E-state index in [1.165, 1.54) is 28.0 Å². The third-order valence-electron chi connectivity index (χ3n) is 2.83. The molecule has 1 aromatic heterocycles. The Morgan fingerprint density at radius 1 is 1.55 bits per heavy atom. The van der Waals surface area contributed by atoms with Gasteiger partial charge in [0.1, 0.15) is 0 Å². The zero-order chi connectivity index (χ0) is 14.5. The summed E-state index contributed by atoms with van der Waals surface area (Å²) in [6.45, 7) is 0.786. The number of aliphatic carboxylic acids is 1. The number of halogens is 1. The number of rotatable bonds is 5. The number of carboxylic acid groups (broad SMARTS) is 1. The van der Waals surface area contributed by atoms with Gasteiger partial charge in [-0.1, -0.05) is 11.6 Å². The van der Waals surface area contributed by atoms with Gasteiger partial charge in [-0.15, -0.1) is 23.1 Å². The van der Waals surface area contributed by atoms with E-state index in [-0.39, 0.29) is 18.3 Å². The van der Waals surface area contributed by atoms with Crippen LogP contribution < -0.4 is 0 Å². The summed E-state index contributed by atoms with van der Waals surface area (Å²) >= 11 is 8.78. The van der Waals surface area contributed by atoms with Crippen LogP contribution in [0, 0.1) is 0 Å². The minimum Gasteiger partial charge on any atom is -0.480 e. The maximum Gasteiger partial charge on any atom is 0.328 e. The Balaban J connectivity index is 1.82. The number of morpholine rings is 1. The molecule has 1 amide bonds. The smallest absolute Gasteiger partial charge is 0.328 e. The zero-order valence-electron chi connectivity index (χ0n) is 10.6. The molecule has 0 aliphatic carbocycles. The number of thiophene rings is 1. The number of ether oxygens (including phenoxy) is 1. The Kier molecular flexibility index (Phi) is 5.71. The molecule has 1 unspecified atom stereocenters. The van der Waals surface area contributed by atoms with Crippen LogP contribution in [0.25, 0.3) is 0 Å². The highest BCUT2D eigenvalue weighted by Gasteiger charge is 2.32. The van der Waals surface area contributed by atoms with Gasteiger partial charge in [-0.2, -0.15) is 0 Å². The monoisotopic (exact) mass is 335 g/mol. The lowest BCUT2D eigenvalue weighted by Gasteiger charge is -2.32. The first kappa shape index (κ1) is 15.6. The Morgan fingerprint density at radius 2 is 2.35 bits per heavy atom. The first-order chi connectivity index (χ1) is 9.58. The lowest BCUT2D eigenvalue weighted by Crippen LogP contribution is -2.53. The van der Waals surface area contributed by atoms with Crippen LogP contribution in [0.4, 0.5) is 0 Å². The number of hydrogen-bond donors (Lipinski definition) is 1. The summed E-state index contributed by atoms with van der Waals surface area (Å²) in [5, 5.41) is 9.07. The molecule has 1 saturated heterocycles. The first-order valence-electron chi connectivity index (χ1n) is 6.00. The summed E-state index contributed by atoms with van der Waals surface area (Å²) in [6, 6.07) is 2.89. The normalized spacial score (nSPS) is 19.1. The summed E-state index contributed by atoms with van der Waals surface area (Å²) in [5.41, 5.74) is 0. The summed E-state index contributed by atoms with van der Waals surface area (Å²) in [5.74, 6) is -0.216. The molecule has 0 spiro atoms. The molecule has 1 fully saturated rings. The Labute approximate surface area is 129 Å². The third-order valence-corrected chi connectivity index (χ3v) is 5.21. The molecule has 2 rings (SSSR count). The summed E-state index contributed by atoms with van der Waals surface area (Å²) < 4.78 is 5.83. The minimum absolute atomic E-state index is 0.0618. The predicted molar refractivity (Wildman–Crippen MR) is 79.4 cm³/mol. The highest BCUT2D eigenvalue weighted by molar-refractivity contribution is 7.99. The molecule has 0 radical (unpaired) electrons. The van der Waals surface area contributed by atoms with Gasteiger partial charge >= 0.3 is 5.97 Å². The number of carbonyl (C=O) groups excluding carboxylic acids is 1. The fraction of sp³-hybridized carbons (Fsp3) is 0.500. The van der Waals surface area contributed by atoms with E-state index in [1.54, 1.807) is 0 Å². The van der Waals surface area contributed by atoms with Crippen molar-refractivity contribution in [3.05, 3.63) is 21.3 Å². The van der Waals surface area contributed by atoms with Crippen molar-refractivity contribution >= 4 is 46.6 Å². The topological polar surface area (TPSA) is 66.8 Å². The maximum absolute atomic E-state index is 12.1. The number of amides is 1. The second-order valence-corrected chi connectivity index (χ2v) is 7.00. The SMILES string of the molecule is O=C(O)C1COCCN1C(=O)CSCc1ccc(Cl)s1. The van der Waals surface area contributed by atoms with Crippen molar-refractivity contribution in [3.63, 3.8) is 0 Å². The van der Waals surface area contributed by atoms with Gasteiger partial charge in [0.25, 0.3) is 0 Å². The van der Waals surface area contributed by atoms with Crippen LogP contribution in [0.2, 0.25) is 4.34 Å². The van der Waals surface area contributed by atoms with Gasteiger partial charge in [-0.3, -0.25) is 4.79 Å². The molecule has 0 saturated carbocycles. The Bertz CT molecular complexity index is 494. The highest BCUT2D eigenvalue weighted by Crippen LogP contribution is 2.25. The van der Waals surface area contributed by atoms with Gasteiger partial charge < -0.3 is 14.7 Å². The molecule has 8 heteroatoms. The summed E-state index contributed by atoms with van der Waals surface area (Å²) in [7, 11) is 0. The first-order valence-corrected chi connectivity index (χ1v) is 8.35. The Hall–Kier alpha value is -0.760. The molecule has 110 valence electrons. The second-order valence-electron chi connectivity index (χ2n) is 4.21. The highest BCUT2D eigenvalue weighted by atomic mass is 35.5. The number of carbonyl (C=O) groups is 2. The fourth-order valence-electron chi connectivity index (χ4n) is 1.86. The van der Waals surface area contributed by atoms with Crippen molar-refractivity contribution in [1.29, 1.82) is 0 Å². The van der Waals surface area contributed by atoms with Gasteiger partial charge in [0.15, 0.2) is 6.04 Å². The lowest BCUT2D eigenvalue weighted by atomic mass is 10.2. The van der Waals surface area contributed by atoms with Crippen LogP contribution in [0.5, 0.6) is 0 Å². The fourth-order valence-corrected chi connectivity index (χ4v) is 3.97. The standard InChI is InChI=1S/C12H14ClNO4S2/c13-10-2-1-8(20-10)6-19-7-11(15)14-3-4-18-5-9(14)12(16)17/h1-2,9H,3-7H2,(H,16,17). The average molecular weight is 336 g/mol. The van der Waals surface area contributed by atoms with E-state index in [1.807, 2.05) is 12.1 Å². The van der Waals surface area contributed by atoms with E-state index < -0.39 is 12.0 Å². The molecule has 0 bridgehead atoms. The van der Waals surface area contributed by atoms with E-state index in [2.05, 4.69) is 0 Å². The second kappa shape index (κ2) is 7.31. The lowest BCUT2D eigenvalue weighted by molar-refractivity contribution is -0.157. The van der Waals surface area contributed by atoms with Crippen LogP contribution >= 0.6 is 34.7 Å². The van der Waals surface area contributed by atoms with Crippen LogP contribution in [0.1, 0.15) is 4.88 Å². The molecule has 1 aliphatic heterocycles. The van der Waals surface area contributed by atoms with Crippen molar-refractivity contribution in [1.82, 2.24) is 4.90 Å². The molecule has 1 aliphatic rings. The van der Waals surface area contributed by atoms with Gasteiger partial charge in [-0.25, -0.2) is 4.79 Å². The predicted octanol–water partition coefficient (Wildman–Crippen LogP) is 1.95. The third kappa shape index (κ3) is 4.12. The number of nitrogens with zero attached hydrogens (tertiary/aromatic N) is 1. The maximum atomic E-state index is 12.1. The van der Waals surface area contributed by atoms with Crippen molar-refractivity contribution in [2.75, 3.05) is 25.5 Å². The van der Waals surface area contributed by atoms with Crippen LogP contribution in [0.15, 0.2) is 12.1 Å². The number of thioether (sulfide) groups is 1. The average Bonchev–Trinajstić information content (AvgIpc) is 2.84. The molecule has 20 heavy (non-hydrogen) atoms.